The topological polar surface area (TPSA) is 63.7 Å². The average molecular weight is 460 g/mol. The molecule has 0 saturated carbocycles. The van der Waals surface area contributed by atoms with Crippen molar-refractivity contribution < 1.29 is 14.3 Å². The minimum Gasteiger partial charge on any atom is -0.381 e. The number of benzene rings is 2. The number of morpholine rings is 1. The molecule has 2 aliphatic rings. The summed E-state index contributed by atoms with van der Waals surface area (Å²) in [5, 5.41) is 4.14. The van der Waals surface area contributed by atoms with Gasteiger partial charge in [-0.05, 0) is 38.0 Å². The first-order valence-electron chi connectivity index (χ1n) is 12.3. The van der Waals surface area contributed by atoms with E-state index in [2.05, 4.69) is 42.3 Å². The van der Waals surface area contributed by atoms with Gasteiger partial charge in [-0.15, -0.1) is 0 Å². The molecule has 3 heterocycles. The molecule has 0 spiro atoms. The summed E-state index contributed by atoms with van der Waals surface area (Å²) in [6.45, 7) is 9.61. The smallest absolute Gasteiger partial charge is 0.252 e. The lowest BCUT2D eigenvalue weighted by molar-refractivity contribution is 0.00167. The van der Waals surface area contributed by atoms with Gasteiger partial charge in [0.05, 0.1) is 36.6 Å². The Balaban J connectivity index is 1.43. The number of nitrogens with zero attached hydrogens (tertiary/aromatic N) is 2. The lowest BCUT2D eigenvalue weighted by Crippen LogP contribution is -2.52. The van der Waals surface area contributed by atoms with Crippen molar-refractivity contribution in [2.75, 3.05) is 46.1 Å². The van der Waals surface area contributed by atoms with E-state index in [1.807, 2.05) is 30.3 Å². The van der Waals surface area contributed by atoms with Gasteiger partial charge in [0.2, 0.25) is 0 Å². The van der Waals surface area contributed by atoms with Crippen LogP contribution in [0.4, 0.5) is 0 Å². The number of carbonyl (C=O) groups is 1. The molecule has 1 amide bonds. The maximum atomic E-state index is 13.6. The van der Waals surface area contributed by atoms with Crippen molar-refractivity contribution in [3.8, 4) is 11.3 Å². The zero-order valence-corrected chi connectivity index (χ0v) is 20.0. The fraction of sp³-hybridized carbons (Fsp3) is 0.429. The molecule has 0 bridgehead atoms. The number of para-hydroxylation sites is 1. The van der Waals surface area contributed by atoms with Crippen molar-refractivity contribution in [2.45, 2.75) is 26.3 Å². The highest BCUT2D eigenvalue weighted by Gasteiger charge is 2.32. The molecular formula is C28H33N3O3. The lowest BCUT2D eigenvalue weighted by atomic mass is 9.96. The molecule has 34 heavy (non-hydrogen) atoms. The van der Waals surface area contributed by atoms with E-state index >= 15 is 0 Å². The molecule has 0 radical (unpaired) electrons. The van der Waals surface area contributed by atoms with E-state index in [0.717, 1.165) is 73.7 Å². The van der Waals surface area contributed by atoms with Crippen LogP contribution in [0.3, 0.4) is 0 Å². The van der Waals surface area contributed by atoms with E-state index in [1.54, 1.807) is 0 Å². The molecule has 6 heteroatoms. The molecule has 1 N–H and O–H groups in total. The van der Waals surface area contributed by atoms with Crippen molar-refractivity contribution in [3.63, 3.8) is 0 Å². The van der Waals surface area contributed by atoms with Gasteiger partial charge < -0.3 is 14.8 Å². The highest BCUT2D eigenvalue weighted by Crippen LogP contribution is 2.28. The fourth-order valence-corrected chi connectivity index (χ4v) is 5.25. The predicted molar refractivity (Wildman–Crippen MR) is 134 cm³/mol. The number of ether oxygens (including phenoxy) is 2. The van der Waals surface area contributed by atoms with Crippen LogP contribution in [0.5, 0.6) is 0 Å². The quantitative estimate of drug-likeness (QED) is 0.604. The molecular weight excluding hydrogens is 426 g/mol. The summed E-state index contributed by atoms with van der Waals surface area (Å²) in [6.07, 6.45) is 1.03. The molecule has 1 aromatic heterocycles. The Labute approximate surface area is 201 Å². The molecule has 0 aliphatic carbocycles. The highest BCUT2D eigenvalue weighted by atomic mass is 16.5. The van der Waals surface area contributed by atoms with E-state index in [4.69, 9.17) is 14.5 Å². The average Bonchev–Trinajstić information content (AvgIpc) is 3.39. The number of carbonyl (C=O) groups excluding carboxylic acids is 1. The Morgan fingerprint density at radius 1 is 1.09 bits per heavy atom. The van der Waals surface area contributed by atoms with Gasteiger partial charge in [0.1, 0.15) is 0 Å². The van der Waals surface area contributed by atoms with Gasteiger partial charge in [0.15, 0.2) is 0 Å². The van der Waals surface area contributed by atoms with Crippen LogP contribution in [-0.2, 0) is 9.47 Å². The van der Waals surface area contributed by atoms with Crippen molar-refractivity contribution >= 4 is 16.8 Å². The van der Waals surface area contributed by atoms with Gasteiger partial charge in [-0.25, -0.2) is 4.98 Å². The number of rotatable bonds is 6. The van der Waals surface area contributed by atoms with E-state index in [0.29, 0.717) is 18.0 Å². The molecule has 2 aliphatic heterocycles. The summed E-state index contributed by atoms with van der Waals surface area (Å²) in [7, 11) is 0. The number of pyridine rings is 1. The van der Waals surface area contributed by atoms with Crippen molar-refractivity contribution in [1.82, 2.24) is 15.2 Å². The number of hydrogen-bond acceptors (Lipinski definition) is 5. The number of aryl methyl sites for hydroxylation is 2. The first-order chi connectivity index (χ1) is 16.6. The SMILES string of the molecule is Cc1ccc(-c2cc(C(=O)NCC(C3CCOC3)N3CCOCC3)c3ccccc3n2)c(C)c1. The van der Waals surface area contributed by atoms with Crippen molar-refractivity contribution in [3.05, 3.63) is 65.2 Å². The lowest BCUT2D eigenvalue weighted by Gasteiger charge is -2.37. The molecule has 2 unspecified atom stereocenters. The van der Waals surface area contributed by atoms with E-state index in [-0.39, 0.29) is 11.9 Å². The Morgan fingerprint density at radius 3 is 2.68 bits per heavy atom. The second kappa shape index (κ2) is 10.2. The largest absolute Gasteiger partial charge is 0.381 e. The van der Waals surface area contributed by atoms with E-state index < -0.39 is 0 Å². The van der Waals surface area contributed by atoms with Crippen LogP contribution in [0.1, 0.15) is 27.9 Å². The summed E-state index contributed by atoms with van der Waals surface area (Å²) < 4.78 is 11.2. The van der Waals surface area contributed by atoms with Gasteiger partial charge in [-0.1, -0.05) is 42.0 Å². The van der Waals surface area contributed by atoms with E-state index in [9.17, 15) is 4.79 Å². The zero-order chi connectivity index (χ0) is 23.5. The van der Waals surface area contributed by atoms with Crippen LogP contribution in [0.15, 0.2) is 48.5 Å². The molecule has 2 saturated heterocycles. The summed E-state index contributed by atoms with van der Waals surface area (Å²) in [4.78, 5) is 20.9. The second-order valence-electron chi connectivity index (χ2n) is 9.44. The molecule has 2 aromatic carbocycles. The van der Waals surface area contributed by atoms with E-state index in [1.165, 1.54) is 5.56 Å². The fourth-order valence-electron chi connectivity index (χ4n) is 5.25. The first-order valence-corrected chi connectivity index (χ1v) is 12.3. The third-order valence-corrected chi connectivity index (χ3v) is 7.11. The maximum Gasteiger partial charge on any atom is 0.252 e. The van der Waals surface area contributed by atoms with Crippen LogP contribution in [0.2, 0.25) is 0 Å². The van der Waals surface area contributed by atoms with Crippen LogP contribution < -0.4 is 5.32 Å². The van der Waals surface area contributed by atoms with Crippen LogP contribution in [-0.4, -0.2) is 67.9 Å². The molecule has 178 valence electrons. The van der Waals surface area contributed by atoms with Gasteiger partial charge in [-0.3, -0.25) is 9.69 Å². The van der Waals surface area contributed by atoms with Crippen molar-refractivity contribution in [1.29, 1.82) is 0 Å². The summed E-state index contributed by atoms with van der Waals surface area (Å²) in [5.74, 6) is 0.375. The second-order valence-corrected chi connectivity index (χ2v) is 9.44. The minimum atomic E-state index is -0.0539. The maximum absolute atomic E-state index is 13.6. The normalized spacial score (nSPS) is 19.9. The van der Waals surface area contributed by atoms with Crippen LogP contribution in [0, 0.1) is 19.8 Å². The monoisotopic (exact) mass is 459 g/mol. The Hall–Kier alpha value is -2.80. The number of nitrogens with one attached hydrogen (secondary N) is 1. The molecule has 2 atom stereocenters. The molecule has 6 nitrogen and oxygen atoms in total. The molecule has 3 aromatic rings. The molecule has 5 rings (SSSR count). The third kappa shape index (κ3) is 4.85. The van der Waals surface area contributed by atoms with Crippen LogP contribution in [0.25, 0.3) is 22.2 Å². The Kier molecular flexibility index (Phi) is 6.90. The van der Waals surface area contributed by atoms with Gasteiger partial charge >= 0.3 is 0 Å². The van der Waals surface area contributed by atoms with Crippen LogP contribution >= 0.6 is 0 Å². The van der Waals surface area contributed by atoms with Crippen molar-refractivity contribution in [2.24, 2.45) is 5.92 Å². The highest BCUT2D eigenvalue weighted by molar-refractivity contribution is 6.07. The number of aromatic nitrogens is 1. The third-order valence-electron chi connectivity index (χ3n) is 7.11. The number of fused-ring (bicyclic) bond motifs is 1. The zero-order valence-electron chi connectivity index (χ0n) is 20.0. The number of amides is 1. The number of hydrogen-bond donors (Lipinski definition) is 1. The summed E-state index contributed by atoms with van der Waals surface area (Å²) in [5.41, 5.74) is 5.76. The predicted octanol–water partition coefficient (Wildman–Crippen LogP) is 3.99. The first kappa shape index (κ1) is 23.0. The standard InChI is InChI=1S/C28H33N3O3/c1-19-7-8-22(20(2)15-19)26-16-24(23-5-3-4-6-25(23)30-26)28(32)29-17-27(21-9-12-34-18-21)31-10-13-33-14-11-31/h3-8,15-16,21,27H,9-14,17-18H2,1-2H3,(H,29,32). The Morgan fingerprint density at radius 2 is 1.91 bits per heavy atom. The minimum absolute atomic E-state index is 0.0539. The Bertz CT molecular complexity index is 1170. The van der Waals surface area contributed by atoms with Gasteiger partial charge in [0.25, 0.3) is 5.91 Å². The summed E-state index contributed by atoms with van der Waals surface area (Å²) in [6, 6.07) is 16.4. The summed E-state index contributed by atoms with van der Waals surface area (Å²) >= 11 is 0. The van der Waals surface area contributed by atoms with Gasteiger partial charge in [0, 0.05) is 49.2 Å². The van der Waals surface area contributed by atoms with Gasteiger partial charge in [-0.2, -0.15) is 0 Å². The molecule has 2 fully saturated rings.